The number of aromatic nitrogens is 2. The number of aliphatic hydroxyl groups excluding tert-OH is 1. The average molecular weight is 321 g/mol. The van der Waals surface area contributed by atoms with E-state index in [2.05, 4.69) is 10.1 Å². The largest absolute Gasteiger partial charge is 0.387 e. The SMILES string of the molecule is OC(Cc1nc(CSc2cccc(Cl)c2)no1)C(F)F. The maximum atomic E-state index is 12.2. The zero-order valence-electron chi connectivity index (χ0n) is 10.2. The molecule has 1 heterocycles. The Morgan fingerprint density at radius 1 is 1.40 bits per heavy atom. The van der Waals surface area contributed by atoms with Crippen LogP contribution >= 0.6 is 23.4 Å². The molecule has 0 saturated carbocycles. The molecule has 1 atom stereocenters. The van der Waals surface area contributed by atoms with E-state index < -0.39 is 12.5 Å². The molecule has 108 valence electrons. The lowest BCUT2D eigenvalue weighted by atomic mass is 10.2. The smallest absolute Gasteiger partial charge is 0.264 e. The molecule has 0 bridgehead atoms. The average Bonchev–Trinajstić information content (AvgIpc) is 2.84. The van der Waals surface area contributed by atoms with Gasteiger partial charge in [0.2, 0.25) is 5.89 Å². The third-order valence-corrected chi connectivity index (χ3v) is 3.57. The van der Waals surface area contributed by atoms with Crippen molar-refractivity contribution in [1.29, 1.82) is 0 Å². The number of halogens is 3. The lowest BCUT2D eigenvalue weighted by molar-refractivity contribution is -0.00754. The lowest BCUT2D eigenvalue weighted by Gasteiger charge is -2.04. The number of hydrogen-bond donors (Lipinski definition) is 1. The Kier molecular flexibility index (Phi) is 5.33. The first-order valence-electron chi connectivity index (χ1n) is 5.70. The van der Waals surface area contributed by atoms with Crippen molar-refractivity contribution < 1.29 is 18.4 Å². The zero-order valence-corrected chi connectivity index (χ0v) is 11.7. The monoisotopic (exact) mass is 320 g/mol. The van der Waals surface area contributed by atoms with Crippen molar-refractivity contribution in [3.63, 3.8) is 0 Å². The Hall–Kier alpha value is -1.18. The summed E-state index contributed by atoms with van der Waals surface area (Å²) in [5.74, 6) is 0.806. The highest BCUT2D eigenvalue weighted by molar-refractivity contribution is 7.98. The molecule has 0 fully saturated rings. The van der Waals surface area contributed by atoms with E-state index in [1.165, 1.54) is 11.8 Å². The van der Waals surface area contributed by atoms with Crippen LogP contribution in [-0.2, 0) is 12.2 Å². The fraction of sp³-hybridized carbons (Fsp3) is 0.333. The van der Waals surface area contributed by atoms with Gasteiger partial charge in [0.05, 0.1) is 12.2 Å². The summed E-state index contributed by atoms with van der Waals surface area (Å²) in [4.78, 5) is 4.89. The van der Waals surface area contributed by atoms with Crippen molar-refractivity contribution in [2.45, 2.75) is 29.6 Å². The predicted molar refractivity (Wildman–Crippen MR) is 71.0 cm³/mol. The van der Waals surface area contributed by atoms with E-state index in [1.54, 1.807) is 12.1 Å². The maximum absolute atomic E-state index is 12.2. The number of aliphatic hydroxyl groups is 1. The van der Waals surface area contributed by atoms with Gasteiger partial charge in [-0.25, -0.2) is 8.78 Å². The summed E-state index contributed by atoms with van der Waals surface area (Å²) in [6.45, 7) is 0. The molecular formula is C12H11ClF2N2O2S. The summed E-state index contributed by atoms with van der Waals surface area (Å²) < 4.78 is 29.1. The van der Waals surface area contributed by atoms with E-state index in [4.69, 9.17) is 21.2 Å². The summed E-state index contributed by atoms with van der Waals surface area (Å²) in [7, 11) is 0. The number of benzene rings is 1. The molecule has 1 aromatic heterocycles. The number of thioether (sulfide) groups is 1. The minimum absolute atomic E-state index is 0.000468. The molecule has 20 heavy (non-hydrogen) atoms. The highest BCUT2D eigenvalue weighted by Crippen LogP contribution is 2.24. The van der Waals surface area contributed by atoms with Crippen LogP contribution < -0.4 is 0 Å². The van der Waals surface area contributed by atoms with E-state index >= 15 is 0 Å². The zero-order chi connectivity index (χ0) is 14.5. The first kappa shape index (κ1) is 15.2. The van der Waals surface area contributed by atoms with Crippen LogP contribution in [0.25, 0.3) is 0 Å². The lowest BCUT2D eigenvalue weighted by Crippen LogP contribution is -2.20. The summed E-state index contributed by atoms with van der Waals surface area (Å²) in [6.07, 6.45) is -4.97. The van der Waals surface area contributed by atoms with Gasteiger partial charge in [-0.3, -0.25) is 0 Å². The van der Waals surface area contributed by atoms with Gasteiger partial charge in [-0.05, 0) is 18.2 Å². The van der Waals surface area contributed by atoms with Crippen molar-refractivity contribution in [2.24, 2.45) is 0 Å². The molecule has 0 radical (unpaired) electrons. The Labute approximate surface area is 123 Å². The van der Waals surface area contributed by atoms with Gasteiger partial charge in [-0.2, -0.15) is 4.98 Å². The maximum Gasteiger partial charge on any atom is 0.264 e. The predicted octanol–water partition coefficient (Wildman–Crippen LogP) is 3.18. The van der Waals surface area contributed by atoms with Gasteiger partial charge in [-0.1, -0.05) is 22.8 Å². The van der Waals surface area contributed by atoms with Gasteiger partial charge in [0.15, 0.2) is 5.82 Å². The molecule has 0 saturated heterocycles. The van der Waals surface area contributed by atoms with E-state index in [0.29, 0.717) is 16.6 Å². The molecule has 2 aromatic rings. The summed E-state index contributed by atoms with van der Waals surface area (Å²) in [5, 5.41) is 13.3. The van der Waals surface area contributed by atoms with Crippen LogP contribution in [0.1, 0.15) is 11.7 Å². The first-order chi connectivity index (χ1) is 9.54. The second-order valence-electron chi connectivity index (χ2n) is 3.96. The molecule has 1 aromatic carbocycles. The van der Waals surface area contributed by atoms with Gasteiger partial charge in [0.1, 0.15) is 6.10 Å². The van der Waals surface area contributed by atoms with Crippen LogP contribution in [0.15, 0.2) is 33.7 Å². The van der Waals surface area contributed by atoms with Crippen LogP contribution in [0.2, 0.25) is 5.02 Å². The number of nitrogens with zero attached hydrogens (tertiary/aromatic N) is 2. The van der Waals surface area contributed by atoms with Crippen molar-refractivity contribution in [3.05, 3.63) is 41.0 Å². The molecule has 0 spiro atoms. The van der Waals surface area contributed by atoms with E-state index in [1.807, 2.05) is 12.1 Å². The van der Waals surface area contributed by atoms with Crippen molar-refractivity contribution in [3.8, 4) is 0 Å². The summed E-state index contributed by atoms with van der Waals surface area (Å²) in [5.41, 5.74) is 0. The molecule has 4 nitrogen and oxygen atoms in total. The highest BCUT2D eigenvalue weighted by atomic mass is 35.5. The molecule has 8 heteroatoms. The molecule has 0 aliphatic rings. The van der Waals surface area contributed by atoms with E-state index in [9.17, 15) is 8.78 Å². The number of hydrogen-bond acceptors (Lipinski definition) is 5. The van der Waals surface area contributed by atoms with Crippen molar-refractivity contribution >= 4 is 23.4 Å². The molecule has 2 rings (SSSR count). The Morgan fingerprint density at radius 2 is 2.20 bits per heavy atom. The normalized spacial score (nSPS) is 12.8. The third-order valence-electron chi connectivity index (χ3n) is 2.35. The highest BCUT2D eigenvalue weighted by Gasteiger charge is 2.20. The van der Waals surface area contributed by atoms with Gasteiger partial charge in [0, 0.05) is 9.92 Å². The molecule has 1 unspecified atom stereocenters. The van der Waals surface area contributed by atoms with Crippen LogP contribution in [-0.4, -0.2) is 27.8 Å². The Morgan fingerprint density at radius 3 is 2.90 bits per heavy atom. The number of alkyl halides is 2. The fourth-order valence-electron chi connectivity index (χ4n) is 1.40. The standard InChI is InChI=1S/C12H11ClF2N2O2S/c13-7-2-1-3-8(4-7)20-6-10-16-11(19-17-10)5-9(18)12(14)15/h1-4,9,12,18H,5-6H2. The first-order valence-corrected chi connectivity index (χ1v) is 7.07. The minimum atomic E-state index is -2.83. The van der Waals surface area contributed by atoms with Crippen molar-refractivity contribution in [2.75, 3.05) is 0 Å². The van der Waals surface area contributed by atoms with Crippen LogP contribution in [0.3, 0.4) is 0 Å². The second-order valence-corrected chi connectivity index (χ2v) is 5.44. The minimum Gasteiger partial charge on any atom is -0.387 e. The summed E-state index contributed by atoms with van der Waals surface area (Å²) in [6, 6.07) is 7.28. The van der Waals surface area contributed by atoms with Crippen molar-refractivity contribution in [1.82, 2.24) is 10.1 Å². The third kappa shape index (κ3) is 4.43. The Balaban J connectivity index is 1.90. The second kappa shape index (κ2) is 7.01. The summed E-state index contributed by atoms with van der Waals surface area (Å²) >= 11 is 7.30. The number of rotatable bonds is 6. The van der Waals surface area contributed by atoms with Gasteiger partial charge >= 0.3 is 0 Å². The topological polar surface area (TPSA) is 59.2 Å². The molecular weight excluding hydrogens is 310 g/mol. The van der Waals surface area contributed by atoms with E-state index in [-0.39, 0.29) is 12.3 Å². The van der Waals surface area contributed by atoms with Crippen LogP contribution in [0.5, 0.6) is 0 Å². The fourth-order valence-corrected chi connectivity index (χ4v) is 2.46. The van der Waals surface area contributed by atoms with E-state index in [0.717, 1.165) is 4.90 Å². The van der Waals surface area contributed by atoms with Gasteiger partial charge in [-0.15, -0.1) is 11.8 Å². The quantitative estimate of drug-likeness (QED) is 0.828. The van der Waals surface area contributed by atoms with Crippen LogP contribution in [0, 0.1) is 0 Å². The molecule has 0 amide bonds. The van der Waals surface area contributed by atoms with Crippen LogP contribution in [0.4, 0.5) is 8.78 Å². The van der Waals surface area contributed by atoms with Gasteiger partial charge in [0.25, 0.3) is 6.43 Å². The Bertz CT molecular complexity index is 568. The van der Waals surface area contributed by atoms with Gasteiger partial charge < -0.3 is 9.63 Å². The molecule has 0 aliphatic heterocycles. The molecule has 0 aliphatic carbocycles. The molecule has 1 N–H and O–H groups in total.